The van der Waals surface area contributed by atoms with Crippen molar-refractivity contribution in [1.82, 2.24) is 29.8 Å². The Balaban J connectivity index is 0.000000238. The van der Waals surface area contributed by atoms with Gasteiger partial charge in [0.2, 0.25) is 0 Å². The van der Waals surface area contributed by atoms with Gasteiger partial charge in [-0.05, 0) is 74.8 Å². The van der Waals surface area contributed by atoms with Crippen LogP contribution in [0.15, 0.2) is 30.3 Å². The third kappa shape index (κ3) is 13.2. The van der Waals surface area contributed by atoms with Gasteiger partial charge in [0.15, 0.2) is 0 Å². The Morgan fingerprint density at radius 1 is 0.706 bits per heavy atom. The summed E-state index contributed by atoms with van der Waals surface area (Å²) in [7, 11) is 0. The van der Waals surface area contributed by atoms with E-state index in [9.17, 15) is 9.59 Å². The molecule has 4 heterocycles. The minimum atomic E-state index is -0.480. The molecule has 0 radical (unpaired) electrons. The number of hydrogen-bond donors (Lipinski definition) is 1. The van der Waals surface area contributed by atoms with Gasteiger partial charge in [-0.1, -0.05) is 30.3 Å². The van der Waals surface area contributed by atoms with Gasteiger partial charge in [0.25, 0.3) is 0 Å². The van der Waals surface area contributed by atoms with E-state index in [4.69, 9.17) is 18.9 Å². The fraction of sp³-hybridized carbons (Fsp3) is 0.795. The minimum absolute atomic E-state index is 0.118. The van der Waals surface area contributed by atoms with E-state index < -0.39 is 11.2 Å². The molecule has 2 amide bonds. The second kappa shape index (κ2) is 18.5. The first-order valence-corrected chi connectivity index (χ1v) is 19.1. The standard InChI is InChI=1S/C23H37N3O3.C16H31N3O3/c1-18-13-25(14-20-9-7-6-8-10-20)21(15-24-11-12-28-17-19(24)2)16-26(18)22(27)29-23(3,4)5;1-12-8-17-14(9-18-6-7-21-11-13(18)2)10-19(12)15(20)22-16(3,4)5/h6-10,18-19,21H,11-17H2,1-5H3;12-14,17H,6-11H2,1-5H3/t18-,19-,21+;12-,13-,14+/m11/s1. The van der Waals surface area contributed by atoms with Crippen molar-refractivity contribution in [2.75, 3.05) is 78.8 Å². The molecule has 6 atom stereocenters. The van der Waals surface area contributed by atoms with E-state index in [1.807, 2.05) is 51.3 Å². The van der Waals surface area contributed by atoms with Crippen LogP contribution in [0.1, 0.15) is 74.8 Å². The second-order valence-electron chi connectivity index (χ2n) is 17.0. The smallest absolute Gasteiger partial charge is 0.410 e. The van der Waals surface area contributed by atoms with E-state index in [1.165, 1.54) is 5.56 Å². The van der Waals surface area contributed by atoms with Crippen molar-refractivity contribution < 1.29 is 28.5 Å². The van der Waals surface area contributed by atoms with Gasteiger partial charge in [-0.3, -0.25) is 14.7 Å². The molecule has 12 heteroatoms. The molecule has 4 aliphatic rings. The lowest BCUT2D eigenvalue weighted by Gasteiger charge is -2.47. The van der Waals surface area contributed by atoms with E-state index in [2.05, 4.69) is 78.0 Å². The first-order chi connectivity index (χ1) is 24.0. The zero-order chi connectivity index (χ0) is 37.3. The Bertz CT molecular complexity index is 1220. The predicted molar refractivity (Wildman–Crippen MR) is 201 cm³/mol. The van der Waals surface area contributed by atoms with Crippen molar-refractivity contribution in [3.63, 3.8) is 0 Å². The van der Waals surface area contributed by atoms with Crippen molar-refractivity contribution in [3.05, 3.63) is 35.9 Å². The largest absolute Gasteiger partial charge is 0.444 e. The molecular formula is C39H68N6O6. The Hall–Kier alpha value is -2.48. The number of rotatable bonds is 6. The molecule has 1 N–H and O–H groups in total. The number of benzene rings is 1. The predicted octanol–water partition coefficient (Wildman–Crippen LogP) is 4.52. The molecule has 4 aliphatic heterocycles. The lowest BCUT2D eigenvalue weighted by atomic mass is 10.0. The molecule has 0 spiro atoms. The number of hydrogen-bond acceptors (Lipinski definition) is 10. The summed E-state index contributed by atoms with van der Waals surface area (Å²) in [5.41, 5.74) is 0.382. The van der Waals surface area contributed by atoms with Crippen LogP contribution in [0.2, 0.25) is 0 Å². The quantitative estimate of drug-likeness (QED) is 0.453. The third-order valence-corrected chi connectivity index (χ3v) is 10.0. The summed E-state index contributed by atoms with van der Waals surface area (Å²) in [4.78, 5) is 36.5. The van der Waals surface area contributed by atoms with Gasteiger partial charge in [0.1, 0.15) is 11.2 Å². The van der Waals surface area contributed by atoms with E-state index in [-0.39, 0.29) is 36.4 Å². The van der Waals surface area contributed by atoms with Gasteiger partial charge in [0, 0.05) is 95.2 Å². The molecule has 290 valence electrons. The summed E-state index contributed by atoms with van der Waals surface area (Å²) in [6, 6.07) is 12.3. The minimum Gasteiger partial charge on any atom is -0.444 e. The normalized spacial score (nSPS) is 28.8. The number of ether oxygens (including phenoxy) is 4. The summed E-state index contributed by atoms with van der Waals surface area (Å²) < 4.78 is 22.3. The third-order valence-electron chi connectivity index (χ3n) is 10.0. The van der Waals surface area contributed by atoms with Crippen molar-refractivity contribution >= 4 is 12.2 Å². The summed E-state index contributed by atoms with van der Waals surface area (Å²) in [5.74, 6) is 0. The molecule has 0 saturated carbocycles. The van der Waals surface area contributed by atoms with E-state index in [0.717, 1.165) is 72.2 Å². The molecular weight excluding hydrogens is 648 g/mol. The Morgan fingerprint density at radius 3 is 1.76 bits per heavy atom. The maximum atomic E-state index is 12.8. The first kappa shape index (κ1) is 41.3. The molecule has 0 aliphatic carbocycles. The average Bonchev–Trinajstić information content (AvgIpc) is 3.04. The highest BCUT2D eigenvalue weighted by molar-refractivity contribution is 5.69. The molecule has 0 aromatic heterocycles. The van der Waals surface area contributed by atoms with Crippen molar-refractivity contribution in [3.8, 4) is 0 Å². The fourth-order valence-electron chi connectivity index (χ4n) is 7.12. The number of carbonyl (C=O) groups excluding carboxylic acids is 2. The van der Waals surface area contributed by atoms with Gasteiger partial charge in [0.05, 0.1) is 26.4 Å². The summed E-state index contributed by atoms with van der Waals surface area (Å²) in [5, 5.41) is 3.55. The second-order valence-corrected chi connectivity index (χ2v) is 17.0. The number of nitrogens with one attached hydrogen (secondary N) is 1. The fourth-order valence-corrected chi connectivity index (χ4v) is 7.12. The molecule has 0 bridgehead atoms. The van der Waals surface area contributed by atoms with Crippen LogP contribution in [0.3, 0.4) is 0 Å². The summed E-state index contributed by atoms with van der Waals surface area (Å²) in [6.07, 6.45) is -0.411. The highest BCUT2D eigenvalue weighted by atomic mass is 16.6. The Kier molecular flexibility index (Phi) is 15.0. The van der Waals surface area contributed by atoms with E-state index >= 15 is 0 Å². The Labute approximate surface area is 308 Å². The van der Waals surface area contributed by atoms with Crippen LogP contribution in [0, 0.1) is 0 Å². The highest BCUT2D eigenvalue weighted by Gasteiger charge is 2.38. The number of amides is 2. The van der Waals surface area contributed by atoms with Crippen LogP contribution in [-0.4, -0.2) is 163 Å². The van der Waals surface area contributed by atoms with Gasteiger partial charge in [-0.25, -0.2) is 9.59 Å². The topological polar surface area (TPSA) is 99.3 Å². The zero-order valence-electron chi connectivity index (χ0n) is 33.2. The van der Waals surface area contributed by atoms with Crippen LogP contribution < -0.4 is 5.32 Å². The monoisotopic (exact) mass is 717 g/mol. The molecule has 1 aromatic rings. The van der Waals surface area contributed by atoms with Gasteiger partial charge in [-0.15, -0.1) is 0 Å². The molecule has 1 aromatic carbocycles. The van der Waals surface area contributed by atoms with Crippen molar-refractivity contribution in [1.29, 1.82) is 0 Å². The van der Waals surface area contributed by atoms with E-state index in [0.29, 0.717) is 25.2 Å². The molecule has 4 saturated heterocycles. The maximum Gasteiger partial charge on any atom is 0.410 e. The van der Waals surface area contributed by atoms with Gasteiger partial charge < -0.3 is 34.1 Å². The molecule has 12 nitrogen and oxygen atoms in total. The van der Waals surface area contributed by atoms with Crippen LogP contribution >= 0.6 is 0 Å². The van der Waals surface area contributed by atoms with Crippen molar-refractivity contribution in [2.45, 2.75) is 123 Å². The summed E-state index contributed by atoms with van der Waals surface area (Å²) in [6.45, 7) is 30.9. The van der Waals surface area contributed by atoms with Gasteiger partial charge in [-0.2, -0.15) is 0 Å². The van der Waals surface area contributed by atoms with Crippen LogP contribution in [0.5, 0.6) is 0 Å². The lowest BCUT2D eigenvalue weighted by molar-refractivity contribution is -0.0423. The summed E-state index contributed by atoms with van der Waals surface area (Å²) >= 11 is 0. The molecule has 0 unspecified atom stereocenters. The van der Waals surface area contributed by atoms with Crippen LogP contribution in [0.4, 0.5) is 9.59 Å². The first-order valence-electron chi connectivity index (χ1n) is 19.1. The number of piperazine rings is 2. The number of carbonyl (C=O) groups is 2. The molecule has 51 heavy (non-hydrogen) atoms. The average molecular weight is 717 g/mol. The molecule has 4 fully saturated rings. The van der Waals surface area contributed by atoms with Crippen LogP contribution in [-0.2, 0) is 25.5 Å². The maximum absolute atomic E-state index is 12.8. The van der Waals surface area contributed by atoms with Crippen LogP contribution in [0.25, 0.3) is 0 Å². The highest BCUT2D eigenvalue weighted by Crippen LogP contribution is 2.23. The molecule has 5 rings (SSSR count). The number of nitrogens with zero attached hydrogens (tertiary/aromatic N) is 5. The van der Waals surface area contributed by atoms with Gasteiger partial charge >= 0.3 is 12.2 Å². The lowest BCUT2D eigenvalue weighted by Crippen LogP contribution is -2.62. The number of morpholine rings is 2. The SMILES string of the molecule is C[C@@H]1COCCN1C[C@H]1CN(C(=O)OC(C)(C)C)[C@H](C)CN1.C[C@@H]1COCCN1C[C@H]1CN(C(=O)OC(C)(C)C)[C@H](C)CN1Cc1ccccc1. The zero-order valence-corrected chi connectivity index (χ0v) is 33.2. The Morgan fingerprint density at radius 2 is 1.24 bits per heavy atom. The van der Waals surface area contributed by atoms with E-state index in [1.54, 1.807) is 0 Å². The van der Waals surface area contributed by atoms with Crippen molar-refractivity contribution in [2.24, 2.45) is 0 Å².